The minimum absolute atomic E-state index is 0.0528. The molecule has 2 N–H and O–H groups in total. The summed E-state index contributed by atoms with van der Waals surface area (Å²) >= 11 is 1.66. The Hall–Kier alpha value is -1.72. The third-order valence-corrected chi connectivity index (χ3v) is 3.55. The number of benzene rings is 1. The van der Waals surface area contributed by atoms with Gasteiger partial charge in [-0.05, 0) is 18.6 Å². The Bertz CT molecular complexity index is 565. The van der Waals surface area contributed by atoms with Crippen LogP contribution in [0.3, 0.4) is 0 Å². The lowest BCUT2D eigenvalue weighted by atomic mass is 10.1. The fourth-order valence-corrected chi connectivity index (χ4v) is 2.52. The number of anilines is 1. The molecule has 1 amide bonds. The maximum absolute atomic E-state index is 11.1. The van der Waals surface area contributed by atoms with Gasteiger partial charge in [-0.15, -0.1) is 11.3 Å². The van der Waals surface area contributed by atoms with Crippen molar-refractivity contribution in [3.8, 4) is 0 Å². The Morgan fingerprint density at radius 2 is 2.11 bits per heavy atom. The van der Waals surface area contributed by atoms with Gasteiger partial charge in [-0.1, -0.05) is 18.2 Å². The number of thiazole rings is 1. The fourth-order valence-electron chi connectivity index (χ4n) is 1.77. The van der Waals surface area contributed by atoms with Gasteiger partial charge in [-0.25, -0.2) is 4.98 Å². The molecule has 19 heavy (non-hydrogen) atoms. The van der Waals surface area contributed by atoms with Crippen LogP contribution in [0.2, 0.25) is 0 Å². The first kappa shape index (κ1) is 13.7. The molecule has 0 aliphatic carbocycles. The molecule has 2 aromatic rings. The second kappa shape index (κ2) is 6.45. The van der Waals surface area contributed by atoms with E-state index in [0.29, 0.717) is 6.54 Å². The number of carbonyl (C=O) groups excluding carboxylic acids is 1. The van der Waals surface area contributed by atoms with Crippen LogP contribution in [0.5, 0.6) is 0 Å². The van der Waals surface area contributed by atoms with E-state index in [0.717, 1.165) is 28.5 Å². The lowest BCUT2D eigenvalue weighted by Crippen LogP contribution is -2.15. The van der Waals surface area contributed by atoms with E-state index in [9.17, 15) is 4.79 Å². The molecule has 1 heterocycles. The zero-order valence-electron chi connectivity index (χ0n) is 11.1. The van der Waals surface area contributed by atoms with E-state index in [4.69, 9.17) is 0 Å². The van der Waals surface area contributed by atoms with Crippen LogP contribution in [0, 0.1) is 6.92 Å². The van der Waals surface area contributed by atoms with Gasteiger partial charge in [0.25, 0.3) is 0 Å². The Balaban J connectivity index is 1.93. The average Bonchev–Trinajstić information content (AvgIpc) is 2.77. The molecule has 100 valence electrons. The molecule has 0 radical (unpaired) electrons. The summed E-state index contributed by atoms with van der Waals surface area (Å²) in [6, 6.07) is 7.80. The smallest absolute Gasteiger partial charge is 0.221 e. The molecule has 1 aromatic carbocycles. The maximum Gasteiger partial charge on any atom is 0.221 e. The largest absolute Gasteiger partial charge is 0.326 e. The lowest BCUT2D eigenvalue weighted by molar-refractivity contribution is -0.114. The number of hydrogen-bond donors (Lipinski definition) is 2. The summed E-state index contributed by atoms with van der Waals surface area (Å²) in [6.45, 7) is 4.95. The summed E-state index contributed by atoms with van der Waals surface area (Å²) in [4.78, 5) is 15.5. The van der Waals surface area contributed by atoms with E-state index in [1.165, 1.54) is 6.92 Å². The molecule has 0 atom stereocenters. The first-order chi connectivity index (χ1) is 9.15. The molecule has 4 nitrogen and oxygen atoms in total. The molecule has 0 aliphatic heterocycles. The zero-order valence-corrected chi connectivity index (χ0v) is 11.9. The summed E-state index contributed by atoms with van der Waals surface area (Å²) < 4.78 is 0. The highest BCUT2D eigenvalue weighted by atomic mass is 32.1. The van der Waals surface area contributed by atoms with Crippen molar-refractivity contribution in [3.05, 3.63) is 45.9 Å². The molecule has 0 fully saturated rings. The van der Waals surface area contributed by atoms with Crippen LogP contribution < -0.4 is 10.6 Å². The van der Waals surface area contributed by atoms with Gasteiger partial charge in [-0.3, -0.25) is 4.79 Å². The van der Waals surface area contributed by atoms with Crippen LogP contribution in [0.1, 0.15) is 23.2 Å². The topological polar surface area (TPSA) is 54.0 Å². The first-order valence-corrected chi connectivity index (χ1v) is 7.00. The van der Waals surface area contributed by atoms with Crippen LogP contribution in [-0.4, -0.2) is 10.9 Å². The van der Waals surface area contributed by atoms with Gasteiger partial charge in [0.15, 0.2) is 0 Å². The van der Waals surface area contributed by atoms with E-state index in [1.807, 2.05) is 36.6 Å². The molecule has 0 aliphatic rings. The second-order valence-corrected chi connectivity index (χ2v) is 5.27. The van der Waals surface area contributed by atoms with Crippen LogP contribution in [-0.2, 0) is 17.9 Å². The van der Waals surface area contributed by atoms with Crippen molar-refractivity contribution in [2.75, 3.05) is 5.32 Å². The number of nitrogens with zero attached hydrogens (tertiary/aromatic N) is 1. The Kier molecular flexibility index (Phi) is 4.65. The number of para-hydroxylation sites is 1. The molecule has 1 aromatic heterocycles. The number of amides is 1. The normalized spacial score (nSPS) is 10.4. The molecule has 0 bridgehead atoms. The van der Waals surface area contributed by atoms with Crippen LogP contribution >= 0.6 is 11.3 Å². The fraction of sp³-hybridized carbons (Fsp3) is 0.286. The summed E-state index contributed by atoms with van der Waals surface area (Å²) in [5.74, 6) is -0.0528. The second-order valence-electron chi connectivity index (χ2n) is 4.32. The Morgan fingerprint density at radius 3 is 2.79 bits per heavy atom. The predicted octanol–water partition coefficient (Wildman–Crippen LogP) is 2.70. The number of aryl methyl sites for hydroxylation is 1. The number of hydrogen-bond acceptors (Lipinski definition) is 4. The maximum atomic E-state index is 11.1. The van der Waals surface area contributed by atoms with Crippen molar-refractivity contribution in [3.63, 3.8) is 0 Å². The van der Waals surface area contributed by atoms with Crippen LogP contribution in [0.25, 0.3) is 0 Å². The van der Waals surface area contributed by atoms with Gasteiger partial charge in [0.2, 0.25) is 5.91 Å². The minimum atomic E-state index is -0.0528. The SMILES string of the molecule is CC(=O)Nc1ccccc1CNCc1nc(C)cs1. The number of carbonyl (C=O) groups is 1. The minimum Gasteiger partial charge on any atom is -0.326 e. The molecule has 0 saturated carbocycles. The predicted molar refractivity (Wildman–Crippen MR) is 78.1 cm³/mol. The quantitative estimate of drug-likeness (QED) is 0.882. The number of aromatic nitrogens is 1. The molecule has 2 rings (SSSR count). The molecular formula is C14H17N3OS. The van der Waals surface area contributed by atoms with Crippen molar-refractivity contribution in [2.24, 2.45) is 0 Å². The third-order valence-electron chi connectivity index (χ3n) is 2.59. The highest BCUT2D eigenvalue weighted by Gasteiger charge is 2.03. The number of rotatable bonds is 5. The van der Waals surface area contributed by atoms with E-state index >= 15 is 0 Å². The first-order valence-electron chi connectivity index (χ1n) is 6.12. The molecule has 0 saturated heterocycles. The summed E-state index contributed by atoms with van der Waals surface area (Å²) in [7, 11) is 0. The van der Waals surface area contributed by atoms with Crippen molar-refractivity contribution < 1.29 is 4.79 Å². The van der Waals surface area contributed by atoms with Crippen molar-refractivity contribution >= 4 is 22.9 Å². The number of nitrogens with one attached hydrogen (secondary N) is 2. The molecular weight excluding hydrogens is 258 g/mol. The van der Waals surface area contributed by atoms with Crippen molar-refractivity contribution in [2.45, 2.75) is 26.9 Å². The van der Waals surface area contributed by atoms with E-state index in [1.54, 1.807) is 11.3 Å². The van der Waals surface area contributed by atoms with Crippen molar-refractivity contribution in [1.82, 2.24) is 10.3 Å². The van der Waals surface area contributed by atoms with Gasteiger partial charge >= 0.3 is 0 Å². The van der Waals surface area contributed by atoms with Gasteiger partial charge in [0.1, 0.15) is 5.01 Å². The summed E-state index contributed by atoms with van der Waals surface area (Å²) in [5, 5.41) is 9.30. The van der Waals surface area contributed by atoms with Gasteiger partial charge in [-0.2, -0.15) is 0 Å². The van der Waals surface area contributed by atoms with Crippen LogP contribution in [0.15, 0.2) is 29.6 Å². The summed E-state index contributed by atoms with van der Waals surface area (Å²) in [5.41, 5.74) is 2.99. The van der Waals surface area contributed by atoms with Crippen molar-refractivity contribution in [1.29, 1.82) is 0 Å². The van der Waals surface area contributed by atoms with E-state index in [-0.39, 0.29) is 5.91 Å². The monoisotopic (exact) mass is 275 g/mol. The zero-order chi connectivity index (χ0) is 13.7. The van der Waals surface area contributed by atoms with Gasteiger partial charge in [0.05, 0.1) is 0 Å². The van der Waals surface area contributed by atoms with Crippen LogP contribution in [0.4, 0.5) is 5.69 Å². The van der Waals surface area contributed by atoms with Gasteiger partial charge < -0.3 is 10.6 Å². The third kappa shape index (κ3) is 4.15. The van der Waals surface area contributed by atoms with E-state index in [2.05, 4.69) is 15.6 Å². The molecule has 5 heteroatoms. The summed E-state index contributed by atoms with van der Waals surface area (Å²) in [6.07, 6.45) is 0. The standard InChI is InChI=1S/C14H17N3OS/c1-10-9-19-14(16-10)8-15-7-12-5-3-4-6-13(12)17-11(2)18/h3-6,9,15H,7-8H2,1-2H3,(H,17,18). The Morgan fingerprint density at radius 1 is 1.32 bits per heavy atom. The van der Waals surface area contributed by atoms with Gasteiger partial charge in [0, 0.05) is 36.8 Å². The molecule has 0 unspecified atom stereocenters. The highest BCUT2D eigenvalue weighted by molar-refractivity contribution is 7.09. The molecule has 0 spiro atoms. The van der Waals surface area contributed by atoms with E-state index < -0.39 is 0 Å². The lowest BCUT2D eigenvalue weighted by Gasteiger charge is -2.10. The highest BCUT2D eigenvalue weighted by Crippen LogP contribution is 2.15. The average molecular weight is 275 g/mol. The Labute approximate surface area is 116 Å².